The van der Waals surface area contributed by atoms with Crippen molar-refractivity contribution in [3.8, 4) is 0 Å². The number of aromatic nitrogens is 2. The number of nitrogens with zero attached hydrogens (tertiary/aromatic N) is 3. The molecule has 0 radical (unpaired) electrons. The molecule has 2 aliphatic rings. The summed E-state index contributed by atoms with van der Waals surface area (Å²) in [7, 11) is 0. The van der Waals surface area contributed by atoms with Crippen LogP contribution in [0.25, 0.3) is 0 Å². The lowest BCUT2D eigenvalue weighted by Crippen LogP contribution is -2.54. The van der Waals surface area contributed by atoms with Crippen LogP contribution < -0.4 is 16.0 Å². The first-order chi connectivity index (χ1) is 15.5. The van der Waals surface area contributed by atoms with E-state index in [2.05, 4.69) is 25.9 Å². The highest BCUT2D eigenvalue weighted by Gasteiger charge is 2.45. The Labute approximate surface area is 188 Å². The average Bonchev–Trinajstić information content (AvgIpc) is 3.02. The third-order valence-electron chi connectivity index (χ3n) is 5.29. The van der Waals surface area contributed by atoms with Crippen LogP contribution in [-0.2, 0) is 9.59 Å². The Morgan fingerprint density at radius 3 is 2.59 bits per heavy atom. The van der Waals surface area contributed by atoms with Crippen LogP contribution >= 0.6 is 11.6 Å². The van der Waals surface area contributed by atoms with E-state index in [1.54, 1.807) is 30.5 Å². The standard InChI is InChI=1S/C21H21ClN6O4/c22-15-8-11-25-21(26-15)24-10-2-1-9-23-13-5-3-4-12-17(13)20(32)28(19(12)31)14-6-7-16(29)27-18(14)30/h3-5,8,11,14,23H,1-2,6-7,9-10H2,(H,24,25,26)(H,27,29,30). The molecule has 3 heterocycles. The summed E-state index contributed by atoms with van der Waals surface area (Å²) in [6.45, 7) is 1.23. The minimum atomic E-state index is -0.979. The second kappa shape index (κ2) is 9.31. The number of anilines is 2. The molecule has 166 valence electrons. The van der Waals surface area contributed by atoms with Gasteiger partial charge in [0.05, 0.1) is 11.1 Å². The number of halogens is 1. The Kier molecular flexibility index (Phi) is 6.31. The van der Waals surface area contributed by atoms with Gasteiger partial charge in [0.15, 0.2) is 0 Å². The first-order valence-electron chi connectivity index (χ1n) is 10.3. The summed E-state index contributed by atoms with van der Waals surface area (Å²) in [5.41, 5.74) is 1.05. The van der Waals surface area contributed by atoms with Crippen molar-refractivity contribution in [2.24, 2.45) is 0 Å². The largest absolute Gasteiger partial charge is 0.384 e. The molecule has 1 fully saturated rings. The molecule has 0 saturated carbocycles. The van der Waals surface area contributed by atoms with E-state index >= 15 is 0 Å². The lowest BCUT2D eigenvalue weighted by atomic mass is 10.0. The van der Waals surface area contributed by atoms with Crippen molar-refractivity contribution in [3.05, 3.63) is 46.7 Å². The fourth-order valence-electron chi connectivity index (χ4n) is 3.76. The maximum atomic E-state index is 13.0. The van der Waals surface area contributed by atoms with Crippen molar-refractivity contribution >= 4 is 46.9 Å². The van der Waals surface area contributed by atoms with Crippen LogP contribution in [0.2, 0.25) is 5.15 Å². The number of amides is 4. The Bertz CT molecular complexity index is 1090. The minimum Gasteiger partial charge on any atom is -0.384 e. The number of carbonyl (C=O) groups is 4. The zero-order valence-electron chi connectivity index (χ0n) is 17.1. The molecule has 1 atom stereocenters. The third kappa shape index (κ3) is 4.40. The number of nitrogens with one attached hydrogen (secondary N) is 3. The van der Waals surface area contributed by atoms with Crippen LogP contribution in [0.4, 0.5) is 11.6 Å². The van der Waals surface area contributed by atoms with Crippen molar-refractivity contribution in [3.63, 3.8) is 0 Å². The van der Waals surface area contributed by atoms with Gasteiger partial charge in [-0.15, -0.1) is 0 Å². The zero-order chi connectivity index (χ0) is 22.7. The van der Waals surface area contributed by atoms with Gasteiger partial charge in [-0.3, -0.25) is 29.4 Å². The zero-order valence-corrected chi connectivity index (χ0v) is 17.8. The topological polar surface area (TPSA) is 133 Å². The Morgan fingerprint density at radius 1 is 1.06 bits per heavy atom. The Balaban J connectivity index is 1.34. The number of carbonyl (C=O) groups excluding carboxylic acids is 4. The van der Waals surface area contributed by atoms with E-state index in [1.807, 2.05) is 0 Å². The number of rotatable bonds is 8. The fourth-order valence-corrected chi connectivity index (χ4v) is 3.89. The molecule has 2 aliphatic heterocycles. The molecule has 0 aliphatic carbocycles. The Hall–Kier alpha value is -3.53. The van der Waals surface area contributed by atoms with Crippen LogP contribution in [0.1, 0.15) is 46.4 Å². The molecule has 11 heteroatoms. The molecule has 3 N–H and O–H groups in total. The van der Waals surface area contributed by atoms with Gasteiger partial charge in [0.25, 0.3) is 11.8 Å². The van der Waals surface area contributed by atoms with Crippen molar-refractivity contribution in [1.29, 1.82) is 0 Å². The van der Waals surface area contributed by atoms with Gasteiger partial charge >= 0.3 is 0 Å². The predicted octanol–water partition coefficient (Wildman–Crippen LogP) is 1.84. The number of imide groups is 2. The highest BCUT2D eigenvalue weighted by atomic mass is 35.5. The van der Waals surface area contributed by atoms with Crippen LogP contribution in [0.3, 0.4) is 0 Å². The molecule has 4 rings (SSSR count). The molecule has 1 aromatic heterocycles. The summed E-state index contributed by atoms with van der Waals surface area (Å²) in [4.78, 5) is 58.6. The van der Waals surface area contributed by atoms with Gasteiger partial charge in [0.2, 0.25) is 17.8 Å². The summed E-state index contributed by atoms with van der Waals surface area (Å²) in [6, 6.07) is 5.62. The highest BCUT2D eigenvalue weighted by Crippen LogP contribution is 2.32. The van der Waals surface area contributed by atoms with Crippen molar-refractivity contribution in [2.75, 3.05) is 23.7 Å². The SMILES string of the molecule is O=C1CCC(N2C(=O)c3cccc(NCCCCNc4nccc(Cl)n4)c3C2=O)C(=O)N1. The Morgan fingerprint density at radius 2 is 1.84 bits per heavy atom. The smallest absolute Gasteiger partial charge is 0.264 e. The van der Waals surface area contributed by atoms with Gasteiger partial charge in [-0.2, -0.15) is 0 Å². The molecular weight excluding hydrogens is 436 g/mol. The van der Waals surface area contributed by atoms with Gasteiger partial charge < -0.3 is 10.6 Å². The van der Waals surface area contributed by atoms with Crippen LogP contribution in [0, 0.1) is 0 Å². The fraction of sp³-hybridized carbons (Fsp3) is 0.333. The highest BCUT2D eigenvalue weighted by molar-refractivity contribution is 6.29. The van der Waals surface area contributed by atoms with Crippen molar-refractivity contribution in [2.45, 2.75) is 31.7 Å². The van der Waals surface area contributed by atoms with E-state index < -0.39 is 29.7 Å². The normalized spacial score (nSPS) is 17.9. The number of unbranched alkanes of at least 4 members (excludes halogenated alkanes) is 1. The monoisotopic (exact) mass is 456 g/mol. The first kappa shape index (κ1) is 21.7. The summed E-state index contributed by atoms with van der Waals surface area (Å²) < 4.78 is 0. The first-order valence-corrected chi connectivity index (χ1v) is 10.6. The molecule has 1 saturated heterocycles. The van der Waals surface area contributed by atoms with Crippen LogP contribution in [0.15, 0.2) is 30.5 Å². The molecule has 4 amide bonds. The molecular formula is C21H21ClN6O4. The average molecular weight is 457 g/mol. The van der Waals surface area contributed by atoms with Crippen molar-refractivity contribution in [1.82, 2.24) is 20.2 Å². The molecule has 0 spiro atoms. The molecule has 2 aromatic rings. The summed E-state index contributed by atoms with van der Waals surface area (Å²) >= 11 is 5.82. The number of hydrogen-bond donors (Lipinski definition) is 3. The van der Waals surface area contributed by atoms with E-state index in [0.29, 0.717) is 29.9 Å². The van der Waals surface area contributed by atoms with Gasteiger partial charge in [-0.1, -0.05) is 17.7 Å². The van der Waals surface area contributed by atoms with Gasteiger partial charge in [-0.05, 0) is 37.5 Å². The second-order valence-corrected chi connectivity index (χ2v) is 7.83. The van der Waals surface area contributed by atoms with Crippen LogP contribution in [0.5, 0.6) is 0 Å². The molecule has 1 aromatic carbocycles. The van der Waals surface area contributed by atoms with E-state index in [1.165, 1.54) is 0 Å². The molecule has 1 unspecified atom stereocenters. The molecule has 0 bridgehead atoms. The number of piperidine rings is 1. The van der Waals surface area contributed by atoms with E-state index in [9.17, 15) is 19.2 Å². The maximum absolute atomic E-state index is 13.0. The maximum Gasteiger partial charge on any atom is 0.264 e. The van der Waals surface area contributed by atoms with Crippen molar-refractivity contribution < 1.29 is 19.2 Å². The number of benzene rings is 1. The van der Waals surface area contributed by atoms with Crippen LogP contribution in [-0.4, -0.2) is 57.6 Å². The minimum absolute atomic E-state index is 0.0865. The summed E-state index contributed by atoms with van der Waals surface area (Å²) in [5, 5.41) is 8.86. The van der Waals surface area contributed by atoms with Gasteiger partial charge in [0, 0.05) is 31.4 Å². The van der Waals surface area contributed by atoms with E-state index in [-0.39, 0.29) is 24.0 Å². The molecule has 32 heavy (non-hydrogen) atoms. The summed E-state index contributed by atoms with van der Waals surface area (Å²) in [6.07, 6.45) is 3.39. The summed E-state index contributed by atoms with van der Waals surface area (Å²) in [5.74, 6) is -1.61. The lowest BCUT2D eigenvalue weighted by molar-refractivity contribution is -0.136. The van der Waals surface area contributed by atoms with E-state index in [0.717, 1.165) is 17.7 Å². The quantitative estimate of drug-likeness (QED) is 0.311. The third-order valence-corrected chi connectivity index (χ3v) is 5.50. The number of fused-ring (bicyclic) bond motifs is 1. The second-order valence-electron chi connectivity index (χ2n) is 7.44. The van der Waals surface area contributed by atoms with Gasteiger partial charge in [0.1, 0.15) is 11.2 Å². The van der Waals surface area contributed by atoms with E-state index in [4.69, 9.17) is 11.6 Å². The lowest BCUT2D eigenvalue weighted by Gasteiger charge is -2.27. The molecule has 10 nitrogen and oxygen atoms in total. The predicted molar refractivity (Wildman–Crippen MR) is 116 cm³/mol. The van der Waals surface area contributed by atoms with Gasteiger partial charge in [-0.25, -0.2) is 9.97 Å². The number of hydrogen-bond acceptors (Lipinski definition) is 8.